The first-order chi connectivity index (χ1) is 7.20. The van der Waals surface area contributed by atoms with Crippen molar-refractivity contribution in [3.8, 4) is 0 Å². The predicted octanol–water partition coefficient (Wildman–Crippen LogP) is 2.32. The molecule has 0 aliphatic heterocycles. The summed E-state index contributed by atoms with van der Waals surface area (Å²) in [5.41, 5.74) is 0.711. The van der Waals surface area contributed by atoms with Crippen molar-refractivity contribution in [2.45, 2.75) is 32.3 Å². The van der Waals surface area contributed by atoms with Crippen LogP contribution in [0, 0.1) is 11.8 Å². The largest absolute Gasteiger partial charge is 0.472 e. The number of Topliss-reactive ketones (excluding diaryl/α,β-unsaturated/α-hetero) is 1. The van der Waals surface area contributed by atoms with E-state index in [1.54, 1.807) is 6.07 Å². The van der Waals surface area contributed by atoms with E-state index in [1.165, 1.54) is 12.5 Å². The Morgan fingerprint density at radius 1 is 1.53 bits per heavy atom. The summed E-state index contributed by atoms with van der Waals surface area (Å²) in [5, 5.41) is 10.0. The van der Waals surface area contributed by atoms with Crippen molar-refractivity contribution in [3.63, 3.8) is 0 Å². The van der Waals surface area contributed by atoms with Crippen molar-refractivity contribution in [1.29, 1.82) is 0 Å². The van der Waals surface area contributed by atoms with Crippen LogP contribution in [0.1, 0.15) is 37.9 Å². The van der Waals surface area contributed by atoms with Crippen molar-refractivity contribution in [3.05, 3.63) is 24.2 Å². The van der Waals surface area contributed by atoms with Gasteiger partial charge in [0.1, 0.15) is 5.78 Å². The first-order valence-corrected chi connectivity index (χ1v) is 5.44. The van der Waals surface area contributed by atoms with Crippen LogP contribution >= 0.6 is 0 Å². The molecule has 0 radical (unpaired) electrons. The maximum Gasteiger partial charge on any atom is 0.141 e. The summed E-state index contributed by atoms with van der Waals surface area (Å²) in [5.74, 6) is 0.0339. The van der Waals surface area contributed by atoms with Gasteiger partial charge in [0, 0.05) is 17.4 Å². The van der Waals surface area contributed by atoms with Crippen LogP contribution in [0.25, 0.3) is 0 Å². The van der Waals surface area contributed by atoms with Gasteiger partial charge in [-0.15, -0.1) is 0 Å². The first kappa shape index (κ1) is 10.4. The van der Waals surface area contributed by atoms with E-state index in [9.17, 15) is 9.90 Å². The highest BCUT2D eigenvalue weighted by atomic mass is 16.3. The molecule has 0 amide bonds. The van der Waals surface area contributed by atoms with Gasteiger partial charge in [-0.1, -0.05) is 13.3 Å². The quantitative estimate of drug-likeness (QED) is 0.811. The Morgan fingerprint density at radius 2 is 2.33 bits per heavy atom. The van der Waals surface area contributed by atoms with Crippen LogP contribution in [0.5, 0.6) is 0 Å². The topological polar surface area (TPSA) is 50.4 Å². The monoisotopic (exact) mass is 208 g/mol. The van der Waals surface area contributed by atoms with Gasteiger partial charge in [0.2, 0.25) is 0 Å². The van der Waals surface area contributed by atoms with Crippen molar-refractivity contribution in [1.82, 2.24) is 0 Å². The van der Waals surface area contributed by atoms with Gasteiger partial charge < -0.3 is 9.52 Å². The summed E-state index contributed by atoms with van der Waals surface area (Å²) in [7, 11) is 0. The van der Waals surface area contributed by atoms with Gasteiger partial charge in [0.15, 0.2) is 0 Å². The minimum atomic E-state index is -0.695. The maximum absolute atomic E-state index is 11.9. The van der Waals surface area contributed by atoms with Crippen LogP contribution in [0.2, 0.25) is 0 Å². The molecule has 2 rings (SSSR count). The molecule has 1 heterocycles. The summed E-state index contributed by atoms with van der Waals surface area (Å²) >= 11 is 0. The molecule has 1 aliphatic carbocycles. The minimum Gasteiger partial charge on any atom is -0.472 e. The van der Waals surface area contributed by atoms with Crippen molar-refractivity contribution < 1.29 is 14.3 Å². The number of furan rings is 1. The Labute approximate surface area is 89.1 Å². The number of hydrogen-bond donors (Lipinski definition) is 1. The van der Waals surface area contributed by atoms with E-state index in [0.29, 0.717) is 5.56 Å². The zero-order chi connectivity index (χ0) is 10.8. The van der Waals surface area contributed by atoms with Crippen molar-refractivity contribution in [2.75, 3.05) is 0 Å². The summed E-state index contributed by atoms with van der Waals surface area (Å²) in [4.78, 5) is 11.9. The van der Waals surface area contributed by atoms with Crippen molar-refractivity contribution in [2.24, 2.45) is 11.8 Å². The van der Waals surface area contributed by atoms with E-state index in [4.69, 9.17) is 4.42 Å². The van der Waals surface area contributed by atoms with Gasteiger partial charge in [-0.3, -0.25) is 4.79 Å². The van der Waals surface area contributed by atoms with Gasteiger partial charge >= 0.3 is 0 Å². The molecule has 1 aliphatic rings. The number of rotatable bonds is 2. The van der Waals surface area contributed by atoms with E-state index in [1.807, 2.05) is 6.92 Å². The second kappa shape index (κ2) is 4.19. The number of ketones is 1. The molecule has 1 fully saturated rings. The standard InChI is InChI=1S/C12H16O3/c1-8-3-2-4-10(11(8)13)12(14)9-5-6-15-7-9/h5-8,10,12,14H,2-4H2,1H3/t8-,10+,12-/m0/s1. The molecule has 1 aromatic heterocycles. The molecular formula is C12H16O3. The predicted molar refractivity (Wildman–Crippen MR) is 55.2 cm³/mol. The lowest BCUT2D eigenvalue weighted by Gasteiger charge is -2.28. The highest BCUT2D eigenvalue weighted by molar-refractivity contribution is 5.84. The molecule has 0 bridgehead atoms. The number of carbonyl (C=O) groups excluding carboxylic acids is 1. The molecule has 1 saturated carbocycles. The van der Waals surface area contributed by atoms with E-state index in [0.717, 1.165) is 19.3 Å². The maximum atomic E-state index is 11.9. The summed E-state index contributed by atoms with van der Waals surface area (Å²) in [6.07, 6.45) is 5.10. The van der Waals surface area contributed by atoms with Gasteiger partial charge in [0.05, 0.1) is 18.6 Å². The average molecular weight is 208 g/mol. The fourth-order valence-corrected chi connectivity index (χ4v) is 2.28. The number of aliphatic hydroxyl groups is 1. The molecule has 0 unspecified atom stereocenters. The number of carbonyl (C=O) groups is 1. The first-order valence-electron chi connectivity index (χ1n) is 5.44. The average Bonchev–Trinajstić information content (AvgIpc) is 2.74. The fourth-order valence-electron chi connectivity index (χ4n) is 2.28. The molecule has 1 aromatic rings. The smallest absolute Gasteiger partial charge is 0.141 e. The Balaban J connectivity index is 2.13. The zero-order valence-corrected chi connectivity index (χ0v) is 8.85. The molecule has 3 heteroatoms. The highest BCUT2D eigenvalue weighted by Gasteiger charge is 2.34. The molecule has 3 nitrogen and oxygen atoms in total. The third kappa shape index (κ3) is 1.97. The van der Waals surface area contributed by atoms with E-state index in [-0.39, 0.29) is 17.6 Å². The number of aliphatic hydroxyl groups excluding tert-OH is 1. The van der Waals surface area contributed by atoms with E-state index in [2.05, 4.69) is 0 Å². The Bertz CT molecular complexity index is 329. The van der Waals surface area contributed by atoms with Crippen LogP contribution in [0.15, 0.2) is 23.0 Å². The molecular weight excluding hydrogens is 192 g/mol. The molecule has 0 aromatic carbocycles. The van der Waals surface area contributed by atoms with E-state index < -0.39 is 6.10 Å². The van der Waals surface area contributed by atoms with Crippen LogP contribution in [0.3, 0.4) is 0 Å². The lowest BCUT2D eigenvalue weighted by molar-refractivity contribution is -0.132. The van der Waals surface area contributed by atoms with Gasteiger partial charge in [-0.05, 0) is 18.9 Å². The summed E-state index contributed by atoms with van der Waals surface area (Å²) in [6, 6.07) is 1.72. The van der Waals surface area contributed by atoms with Crippen LogP contribution < -0.4 is 0 Å². The van der Waals surface area contributed by atoms with Gasteiger partial charge in [0.25, 0.3) is 0 Å². The molecule has 1 N–H and O–H groups in total. The Morgan fingerprint density at radius 3 is 3.00 bits per heavy atom. The van der Waals surface area contributed by atoms with Crippen LogP contribution in [-0.4, -0.2) is 10.9 Å². The van der Waals surface area contributed by atoms with Gasteiger partial charge in [-0.2, -0.15) is 0 Å². The third-order valence-electron chi connectivity index (χ3n) is 3.27. The third-order valence-corrected chi connectivity index (χ3v) is 3.27. The van der Waals surface area contributed by atoms with Crippen LogP contribution in [-0.2, 0) is 4.79 Å². The minimum absolute atomic E-state index is 0.0882. The lowest BCUT2D eigenvalue weighted by Crippen LogP contribution is -2.31. The summed E-state index contributed by atoms with van der Waals surface area (Å²) < 4.78 is 4.92. The second-order valence-electron chi connectivity index (χ2n) is 4.34. The molecule has 82 valence electrons. The molecule has 3 atom stereocenters. The van der Waals surface area contributed by atoms with Crippen LogP contribution in [0.4, 0.5) is 0 Å². The Hall–Kier alpha value is -1.09. The second-order valence-corrected chi connectivity index (χ2v) is 4.34. The van der Waals surface area contributed by atoms with Crippen molar-refractivity contribution >= 4 is 5.78 Å². The molecule has 0 spiro atoms. The number of hydrogen-bond acceptors (Lipinski definition) is 3. The highest BCUT2D eigenvalue weighted by Crippen LogP contribution is 2.34. The zero-order valence-electron chi connectivity index (χ0n) is 8.85. The van der Waals surface area contributed by atoms with E-state index >= 15 is 0 Å². The Kier molecular flexibility index (Phi) is 2.91. The fraction of sp³-hybridized carbons (Fsp3) is 0.583. The molecule has 0 saturated heterocycles. The molecule has 15 heavy (non-hydrogen) atoms. The SMILES string of the molecule is C[C@H]1CCC[C@@H]([C@@H](O)c2ccoc2)C1=O. The normalized spacial score (nSPS) is 29.1. The van der Waals surface area contributed by atoms with Gasteiger partial charge in [-0.25, -0.2) is 0 Å². The summed E-state index contributed by atoms with van der Waals surface area (Å²) in [6.45, 7) is 1.94. The lowest BCUT2D eigenvalue weighted by atomic mass is 9.77.